The van der Waals surface area contributed by atoms with Gasteiger partial charge in [0, 0.05) is 6.04 Å². The molecule has 112 valence electrons. The summed E-state index contributed by atoms with van der Waals surface area (Å²) in [4.78, 5) is 25.0. The second-order valence-corrected chi connectivity index (χ2v) is 5.31. The average molecular weight is 298 g/mol. The van der Waals surface area contributed by atoms with Crippen molar-refractivity contribution in [2.24, 2.45) is 0 Å². The predicted octanol–water partition coefficient (Wildman–Crippen LogP) is 2.09. The zero-order chi connectivity index (χ0) is 15.2. The number of hydrogen-bond donors (Lipinski definition) is 1. The quantitative estimate of drug-likeness (QED) is 0.869. The number of nitrogens with one attached hydrogen (secondary N) is 1. The van der Waals surface area contributed by atoms with Crippen LogP contribution in [0.4, 0.5) is 18.9 Å². The van der Waals surface area contributed by atoms with E-state index in [1.165, 1.54) is 12.1 Å². The van der Waals surface area contributed by atoms with E-state index >= 15 is 0 Å². The molecule has 1 aliphatic carbocycles. The van der Waals surface area contributed by atoms with E-state index in [-0.39, 0.29) is 18.2 Å². The van der Waals surface area contributed by atoms with Crippen LogP contribution in [0.2, 0.25) is 0 Å². The number of carbonyl (C=O) groups excluding carboxylic acids is 2. The van der Waals surface area contributed by atoms with Gasteiger partial charge in [0.2, 0.25) is 5.91 Å². The second kappa shape index (κ2) is 4.84. The van der Waals surface area contributed by atoms with Crippen molar-refractivity contribution in [1.29, 1.82) is 0 Å². The average Bonchev–Trinajstić information content (AvgIpc) is 3.16. The Bertz CT molecular complexity index is 596. The van der Waals surface area contributed by atoms with Crippen LogP contribution in [0.5, 0.6) is 0 Å². The van der Waals surface area contributed by atoms with Crippen molar-refractivity contribution in [3.05, 3.63) is 29.8 Å². The molecule has 4 nitrogen and oxygen atoms in total. The van der Waals surface area contributed by atoms with Gasteiger partial charge < -0.3 is 5.32 Å². The highest BCUT2D eigenvalue weighted by Gasteiger charge is 2.42. The van der Waals surface area contributed by atoms with E-state index in [2.05, 4.69) is 5.32 Å². The minimum absolute atomic E-state index is 0.00835. The minimum Gasteiger partial charge on any atom is -0.303 e. The van der Waals surface area contributed by atoms with Crippen molar-refractivity contribution in [2.45, 2.75) is 37.5 Å². The molecule has 2 aliphatic rings. The second-order valence-electron chi connectivity index (χ2n) is 5.31. The Balaban J connectivity index is 1.85. The van der Waals surface area contributed by atoms with Crippen LogP contribution in [-0.2, 0) is 15.8 Å². The van der Waals surface area contributed by atoms with E-state index in [1.807, 2.05) is 0 Å². The van der Waals surface area contributed by atoms with E-state index in [0.29, 0.717) is 0 Å². The molecule has 1 saturated carbocycles. The molecule has 2 amide bonds. The molecule has 2 fully saturated rings. The van der Waals surface area contributed by atoms with Crippen LogP contribution < -0.4 is 10.2 Å². The monoisotopic (exact) mass is 298 g/mol. The summed E-state index contributed by atoms with van der Waals surface area (Å²) in [6, 6.07) is 3.89. The first-order valence-electron chi connectivity index (χ1n) is 6.66. The summed E-state index contributed by atoms with van der Waals surface area (Å²) in [5.41, 5.74) is -0.904. The number of hydrogen-bond acceptors (Lipinski definition) is 3. The summed E-state index contributed by atoms with van der Waals surface area (Å²) in [5, 5.41) is 3.04. The standard InChI is InChI=1S/C14H13F3N2O2/c15-14(16,17)8-2-1-3-10(6-8)19-12(20)7-11(13(19)21)18-9-4-5-9/h1-3,6,9,11,18H,4-5,7H2. The fraction of sp³-hybridized carbons (Fsp3) is 0.429. The first kappa shape index (κ1) is 14.1. The molecule has 0 spiro atoms. The fourth-order valence-corrected chi connectivity index (χ4v) is 2.39. The van der Waals surface area contributed by atoms with Gasteiger partial charge in [-0.2, -0.15) is 13.2 Å². The molecule has 1 atom stereocenters. The molecule has 21 heavy (non-hydrogen) atoms. The number of imide groups is 1. The number of anilines is 1. The summed E-state index contributed by atoms with van der Waals surface area (Å²) in [6.07, 6.45) is -2.60. The zero-order valence-corrected chi connectivity index (χ0v) is 11.0. The maximum atomic E-state index is 12.7. The summed E-state index contributed by atoms with van der Waals surface area (Å²) in [5.74, 6) is -0.955. The molecule has 3 rings (SSSR count). The fourth-order valence-electron chi connectivity index (χ4n) is 2.39. The van der Waals surface area contributed by atoms with Gasteiger partial charge >= 0.3 is 6.18 Å². The number of alkyl halides is 3. The summed E-state index contributed by atoms with van der Waals surface area (Å²) in [7, 11) is 0. The largest absolute Gasteiger partial charge is 0.416 e. The molecule has 0 aromatic heterocycles. The van der Waals surface area contributed by atoms with Gasteiger partial charge in [0.25, 0.3) is 5.91 Å². The van der Waals surface area contributed by atoms with E-state index < -0.39 is 29.6 Å². The zero-order valence-electron chi connectivity index (χ0n) is 11.0. The molecule has 1 aliphatic heterocycles. The number of carbonyl (C=O) groups is 2. The van der Waals surface area contributed by atoms with E-state index in [0.717, 1.165) is 29.9 Å². The van der Waals surface area contributed by atoms with Gasteiger partial charge in [0.15, 0.2) is 0 Å². The number of nitrogens with zero attached hydrogens (tertiary/aromatic N) is 1. The Kier molecular flexibility index (Phi) is 3.24. The number of rotatable bonds is 3. The number of amides is 2. The van der Waals surface area contributed by atoms with Crippen LogP contribution in [0.3, 0.4) is 0 Å². The predicted molar refractivity (Wildman–Crippen MR) is 68.5 cm³/mol. The Morgan fingerprint density at radius 2 is 1.90 bits per heavy atom. The van der Waals surface area contributed by atoms with Gasteiger partial charge in [-0.15, -0.1) is 0 Å². The molecule has 1 aromatic carbocycles. The van der Waals surface area contributed by atoms with Crippen LogP contribution in [0.15, 0.2) is 24.3 Å². The Labute approximate surface area is 118 Å². The smallest absolute Gasteiger partial charge is 0.303 e. The van der Waals surface area contributed by atoms with Crippen molar-refractivity contribution in [1.82, 2.24) is 5.32 Å². The Morgan fingerprint density at radius 1 is 1.19 bits per heavy atom. The lowest BCUT2D eigenvalue weighted by atomic mass is 10.2. The molecule has 0 bridgehead atoms. The third-order valence-corrected chi connectivity index (χ3v) is 3.59. The van der Waals surface area contributed by atoms with E-state index in [9.17, 15) is 22.8 Å². The molecule has 1 heterocycles. The van der Waals surface area contributed by atoms with Crippen molar-refractivity contribution < 1.29 is 22.8 Å². The molecule has 0 radical (unpaired) electrons. The minimum atomic E-state index is -4.51. The third kappa shape index (κ3) is 2.78. The Morgan fingerprint density at radius 3 is 2.52 bits per heavy atom. The lowest BCUT2D eigenvalue weighted by molar-refractivity contribution is -0.137. The molecule has 1 unspecified atom stereocenters. The molecule has 1 N–H and O–H groups in total. The molecule has 1 saturated heterocycles. The molecule has 7 heteroatoms. The first-order chi connectivity index (χ1) is 9.86. The highest BCUT2D eigenvalue weighted by Crippen LogP contribution is 2.33. The highest BCUT2D eigenvalue weighted by molar-refractivity contribution is 6.22. The van der Waals surface area contributed by atoms with Gasteiger partial charge in [0.1, 0.15) is 0 Å². The molecular weight excluding hydrogens is 285 g/mol. The van der Waals surface area contributed by atoms with Crippen LogP contribution in [-0.4, -0.2) is 23.9 Å². The third-order valence-electron chi connectivity index (χ3n) is 3.59. The van der Waals surface area contributed by atoms with Crippen LogP contribution in [0, 0.1) is 0 Å². The van der Waals surface area contributed by atoms with Crippen molar-refractivity contribution >= 4 is 17.5 Å². The van der Waals surface area contributed by atoms with Gasteiger partial charge in [-0.3, -0.25) is 9.59 Å². The normalized spacial score (nSPS) is 23.0. The summed E-state index contributed by atoms with van der Waals surface area (Å²) < 4.78 is 38.1. The van der Waals surface area contributed by atoms with E-state index in [4.69, 9.17) is 0 Å². The lowest BCUT2D eigenvalue weighted by Gasteiger charge is -2.17. The van der Waals surface area contributed by atoms with Crippen molar-refractivity contribution in [3.63, 3.8) is 0 Å². The van der Waals surface area contributed by atoms with Crippen LogP contribution >= 0.6 is 0 Å². The summed E-state index contributed by atoms with van der Waals surface area (Å²) in [6.45, 7) is 0. The molecular formula is C14H13F3N2O2. The SMILES string of the molecule is O=C1CC(NC2CC2)C(=O)N1c1cccc(C(F)(F)F)c1. The Hall–Kier alpha value is -1.89. The van der Waals surface area contributed by atoms with Crippen LogP contribution in [0.25, 0.3) is 0 Å². The van der Waals surface area contributed by atoms with Gasteiger partial charge in [0.05, 0.1) is 23.7 Å². The lowest BCUT2D eigenvalue weighted by Crippen LogP contribution is -2.39. The number of benzene rings is 1. The maximum Gasteiger partial charge on any atom is 0.416 e. The topological polar surface area (TPSA) is 49.4 Å². The highest BCUT2D eigenvalue weighted by atomic mass is 19.4. The van der Waals surface area contributed by atoms with Crippen molar-refractivity contribution in [3.8, 4) is 0 Å². The first-order valence-corrected chi connectivity index (χ1v) is 6.66. The number of halogens is 3. The van der Waals surface area contributed by atoms with Gasteiger partial charge in [-0.25, -0.2) is 4.90 Å². The van der Waals surface area contributed by atoms with Gasteiger partial charge in [-0.05, 0) is 31.0 Å². The molecule has 1 aromatic rings. The maximum absolute atomic E-state index is 12.7. The van der Waals surface area contributed by atoms with Crippen molar-refractivity contribution in [2.75, 3.05) is 4.90 Å². The van der Waals surface area contributed by atoms with E-state index in [1.54, 1.807) is 0 Å². The summed E-state index contributed by atoms with van der Waals surface area (Å²) >= 11 is 0. The van der Waals surface area contributed by atoms with Crippen LogP contribution in [0.1, 0.15) is 24.8 Å². The van der Waals surface area contributed by atoms with Gasteiger partial charge in [-0.1, -0.05) is 6.07 Å².